The molecule has 106 valence electrons. The summed E-state index contributed by atoms with van der Waals surface area (Å²) in [6.07, 6.45) is -0.607. The normalized spacial score (nSPS) is 12.8. The van der Waals surface area contributed by atoms with Crippen LogP contribution in [0.3, 0.4) is 0 Å². The molecule has 8 heteroatoms. The van der Waals surface area contributed by atoms with Crippen LogP contribution in [-0.2, 0) is 4.74 Å². The van der Waals surface area contributed by atoms with Crippen LogP contribution in [0.5, 0.6) is 0 Å². The van der Waals surface area contributed by atoms with Crippen molar-refractivity contribution in [2.75, 3.05) is 6.54 Å². The summed E-state index contributed by atoms with van der Waals surface area (Å²) in [6.45, 7) is 5.27. The number of nitrogens with two attached hydrogens (primary N) is 1. The number of hydrogen-bond acceptors (Lipinski definition) is 6. The third kappa shape index (κ3) is 4.96. The standard InChI is InChI=1S/C11H17N3O5/c1-11(2,3)19-10(15)13-6-7(12)8-4-5-9(18-8)14(16)17/h4-5,7H,6,12H2,1-3H3,(H,13,15). The molecule has 3 N–H and O–H groups in total. The Balaban J connectivity index is 2.48. The molecule has 0 radical (unpaired) electrons. The summed E-state index contributed by atoms with van der Waals surface area (Å²) < 4.78 is 9.95. The highest BCUT2D eigenvalue weighted by Gasteiger charge is 2.19. The number of nitrogens with zero attached hydrogens (tertiary/aromatic N) is 1. The molecule has 0 spiro atoms. The molecule has 1 rings (SSSR count). The van der Waals surface area contributed by atoms with Crippen molar-refractivity contribution >= 4 is 12.0 Å². The zero-order valence-electron chi connectivity index (χ0n) is 11.0. The number of furan rings is 1. The van der Waals surface area contributed by atoms with Gasteiger partial charge in [0, 0.05) is 6.54 Å². The van der Waals surface area contributed by atoms with Gasteiger partial charge in [-0.1, -0.05) is 0 Å². The lowest BCUT2D eigenvalue weighted by molar-refractivity contribution is -0.402. The molecule has 0 saturated heterocycles. The summed E-state index contributed by atoms with van der Waals surface area (Å²) in [4.78, 5) is 21.2. The van der Waals surface area contributed by atoms with Gasteiger partial charge in [0.2, 0.25) is 0 Å². The summed E-state index contributed by atoms with van der Waals surface area (Å²) in [6, 6.07) is 1.93. The van der Waals surface area contributed by atoms with E-state index < -0.39 is 22.7 Å². The van der Waals surface area contributed by atoms with Gasteiger partial charge in [-0.25, -0.2) is 4.79 Å². The lowest BCUT2D eigenvalue weighted by Crippen LogP contribution is -2.36. The van der Waals surface area contributed by atoms with Crippen LogP contribution in [0, 0.1) is 10.1 Å². The molecule has 1 heterocycles. The van der Waals surface area contributed by atoms with Gasteiger partial charge in [-0.15, -0.1) is 0 Å². The van der Waals surface area contributed by atoms with Gasteiger partial charge in [0.25, 0.3) is 0 Å². The van der Waals surface area contributed by atoms with Gasteiger partial charge in [-0.2, -0.15) is 0 Å². The zero-order valence-corrected chi connectivity index (χ0v) is 11.0. The Labute approximate surface area is 110 Å². The highest BCUT2D eigenvalue weighted by molar-refractivity contribution is 5.67. The van der Waals surface area contributed by atoms with Gasteiger partial charge in [-0.05, 0) is 26.8 Å². The van der Waals surface area contributed by atoms with Crippen LogP contribution < -0.4 is 11.1 Å². The molecule has 8 nitrogen and oxygen atoms in total. The van der Waals surface area contributed by atoms with E-state index >= 15 is 0 Å². The van der Waals surface area contributed by atoms with Crippen LogP contribution >= 0.6 is 0 Å². The van der Waals surface area contributed by atoms with E-state index in [0.29, 0.717) is 0 Å². The monoisotopic (exact) mass is 271 g/mol. The quantitative estimate of drug-likeness (QED) is 0.635. The molecule has 1 amide bonds. The third-order valence-electron chi connectivity index (χ3n) is 2.02. The summed E-state index contributed by atoms with van der Waals surface area (Å²) in [5.74, 6) is -0.162. The van der Waals surface area contributed by atoms with Crippen LogP contribution in [0.15, 0.2) is 16.5 Å². The van der Waals surface area contributed by atoms with Crippen LogP contribution in [0.4, 0.5) is 10.7 Å². The van der Waals surface area contributed by atoms with E-state index in [-0.39, 0.29) is 18.2 Å². The summed E-state index contributed by atoms with van der Waals surface area (Å²) >= 11 is 0. The van der Waals surface area contributed by atoms with Crippen molar-refractivity contribution in [3.8, 4) is 0 Å². The Hall–Kier alpha value is -2.09. The fourth-order valence-corrected chi connectivity index (χ4v) is 1.25. The Morgan fingerprint density at radius 3 is 2.68 bits per heavy atom. The Morgan fingerprint density at radius 2 is 2.21 bits per heavy atom. The van der Waals surface area contributed by atoms with E-state index in [4.69, 9.17) is 14.9 Å². The van der Waals surface area contributed by atoms with E-state index in [2.05, 4.69) is 5.32 Å². The predicted molar refractivity (Wildman–Crippen MR) is 66.5 cm³/mol. The molecule has 0 aliphatic rings. The molecule has 1 unspecified atom stereocenters. The number of nitrogens with one attached hydrogen (secondary N) is 1. The SMILES string of the molecule is CC(C)(C)OC(=O)NCC(N)c1ccc([N+](=O)[O-])o1. The van der Waals surface area contributed by atoms with E-state index in [1.807, 2.05) is 0 Å². The number of rotatable bonds is 4. The molecule has 0 aliphatic heterocycles. The number of nitro groups is 1. The maximum atomic E-state index is 11.4. The van der Waals surface area contributed by atoms with Crippen molar-refractivity contribution in [1.29, 1.82) is 0 Å². The van der Waals surface area contributed by atoms with Gasteiger partial charge in [-0.3, -0.25) is 10.1 Å². The maximum Gasteiger partial charge on any atom is 0.433 e. The number of ether oxygens (including phenoxy) is 1. The van der Waals surface area contributed by atoms with Crippen LogP contribution in [0.25, 0.3) is 0 Å². The zero-order chi connectivity index (χ0) is 14.6. The average molecular weight is 271 g/mol. The van der Waals surface area contributed by atoms with Gasteiger partial charge in [0.15, 0.2) is 0 Å². The first kappa shape index (κ1) is 15.0. The van der Waals surface area contributed by atoms with Crippen molar-refractivity contribution in [1.82, 2.24) is 5.32 Å². The second-order valence-electron chi connectivity index (χ2n) is 4.92. The van der Waals surface area contributed by atoms with Gasteiger partial charge in [0.1, 0.15) is 16.3 Å². The van der Waals surface area contributed by atoms with E-state index in [0.717, 1.165) is 0 Å². The van der Waals surface area contributed by atoms with Gasteiger partial charge in [0.05, 0.1) is 12.1 Å². The number of hydrogen-bond donors (Lipinski definition) is 2. The second kappa shape index (κ2) is 5.70. The fourth-order valence-electron chi connectivity index (χ4n) is 1.25. The number of amides is 1. The number of carbonyl (C=O) groups excluding carboxylic acids is 1. The second-order valence-corrected chi connectivity index (χ2v) is 4.92. The fraction of sp³-hybridized carbons (Fsp3) is 0.545. The molecule has 0 bridgehead atoms. The van der Waals surface area contributed by atoms with Crippen LogP contribution in [0.1, 0.15) is 32.6 Å². The Kier molecular flexibility index (Phi) is 4.49. The minimum atomic E-state index is -0.679. The predicted octanol–water partition coefficient (Wildman–Crippen LogP) is 1.71. The summed E-state index contributed by atoms with van der Waals surface area (Å²) in [5, 5.41) is 12.9. The van der Waals surface area contributed by atoms with Crippen molar-refractivity contribution < 1.29 is 18.9 Å². The number of alkyl carbamates (subject to hydrolysis) is 1. The van der Waals surface area contributed by atoms with E-state index in [1.54, 1.807) is 20.8 Å². The summed E-state index contributed by atoms with van der Waals surface area (Å²) in [7, 11) is 0. The minimum Gasteiger partial charge on any atom is -0.444 e. The van der Waals surface area contributed by atoms with Crippen LogP contribution in [-0.4, -0.2) is 23.2 Å². The van der Waals surface area contributed by atoms with Crippen molar-refractivity contribution in [2.24, 2.45) is 5.73 Å². The molecule has 1 aromatic heterocycles. The molecule has 0 saturated carbocycles. The van der Waals surface area contributed by atoms with Gasteiger partial charge >= 0.3 is 12.0 Å². The Bertz CT molecular complexity index is 463. The first-order valence-corrected chi connectivity index (χ1v) is 5.65. The third-order valence-corrected chi connectivity index (χ3v) is 2.02. The molecule has 19 heavy (non-hydrogen) atoms. The molecule has 0 aliphatic carbocycles. The summed E-state index contributed by atoms with van der Waals surface area (Å²) in [5.41, 5.74) is 5.13. The number of carbonyl (C=O) groups is 1. The smallest absolute Gasteiger partial charge is 0.433 e. The first-order valence-electron chi connectivity index (χ1n) is 5.65. The van der Waals surface area contributed by atoms with E-state index in [9.17, 15) is 14.9 Å². The van der Waals surface area contributed by atoms with Gasteiger partial charge < -0.3 is 20.2 Å². The highest BCUT2D eigenvalue weighted by Crippen LogP contribution is 2.19. The van der Waals surface area contributed by atoms with Crippen molar-refractivity contribution in [3.05, 3.63) is 28.0 Å². The van der Waals surface area contributed by atoms with E-state index in [1.165, 1.54) is 12.1 Å². The molecule has 1 aromatic rings. The Morgan fingerprint density at radius 1 is 1.58 bits per heavy atom. The van der Waals surface area contributed by atoms with Crippen molar-refractivity contribution in [3.63, 3.8) is 0 Å². The molecule has 1 atom stereocenters. The van der Waals surface area contributed by atoms with Crippen molar-refractivity contribution in [2.45, 2.75) is 32.4 Å². The first-order chi connectivity index (χ1) is 8.69. The highest BCUT2D eigenvalue weighted by atomic mass is 16.6. The topological polar surface area (TPSA) is 121 Å². The minimum absolute atomic E-state index is 0.0551. The lowest BCUT2D eigenvalue weighted by atomic mass is 10.2. The molecular weight excluding hydrogens is 254 g/mol. The lowest BCUT2D eigenvalue weighted by Gasteiger charge is -2.20. The maximum absolute atomic E-state index is 11.4. The average Bonchev–Trinajstić information content (AvgIpc) is 2.72. The molecule has 0 fully saturated rings. The molecule has 0 aromatic carbocycles. The van der Waals surface area contributed by atoms with Crippen LogP contribution in [0.2, 0.25) is 0 Å². The molecular formula is C11H17N3O5. The largest absolute Gasteiger partial charge is 0.444 e.